The molecular formula is C36H37BrN8O4. The van der Waals surface area contributed by atoms with Crippen molar-refractivity contribution in [2.45, 2.75) is 77.9 Å². The number of nitrogens with zero attached hydrogens (tertiary/aromatic N) is 6. The van der Waals surface area contributed by atoms with Gasteiger partial charge in [0.15, 0.2) is 5.78 Å². The SMILES string of the molecule is CC(=O)c1nn2c3c(cc(-c4cnc(C)nc4)cc13)C/C=C/CCCC(=O)NC[C@@]13C[C@@H](C(=O)Nc4nc(Br)ccc4C)N(C(=O)C2)[C@@H]1C3. The molecule has 2 aliphatic heterocycles. The minimum absolute atomic E-state index is 0.0379. The van der Waals surface area contributed by atoms with E-state index in [0.29, 0.717) is 65.8 Å². The van der Waals surface area contributed by atoms with E-state index in [0.717, 1.165) is 28.7 Å². The van der Waals surface area contributed by atoms with Crippen LogP contribution in [-0.4, -0.2) is 71.8 Å². The van der Waals surface area contributed by atoms with Crippen LogP contribution >= 0.6 is 15.9 Å². The molecule has 1 saturated heterocycles. The molecule has 5 heterocycles. The van der Waals surface area contributed by atoms with Gasteiger partial charge in [-0.1, -0.05) is 18.2 Å². The first-order chi connectivity index (χ1) is 23.5. The molecule has 3 amide bonds. The van der Waals surface area contributed by atoms with Crippen molar-refractivity contribution in [2.75, 3.05) is 11.9 Å². The van der Waals surface area contributed by atoms with Crippen molar-refractivity contribution in [3.8, 4) is 11.1 Å². The lowest BCUT2D eigenvalue weighted by Gasteiger charge is -2.27. The number of hydrogen-bond donors (Lipinski definition) is 2. The molecule has 3 aromatic heterocycles. The van der Waals surface area contributed by atoms with Crippen molar-refractivity contribution in [1.82, 2.24) is 34.9 Å². The molecular weight excluding hydrogens is 688 g/mol. The Bertz CT molecular complexity index is 2040. The lowest BCUT2D eigenvalue weighted by Crippen LogP contribution is -2.47. The predicted octanol–water partition coefficient (Wildman–Crippen LogP) is 4.87. The highest BCUT2D eigenvalue weighted by Gasteiger charge is 2.67. The summed E-state index contributed by atoms with van der Waals surface area (Å²) in [4.78, 5) is 69.0. The molecule has 2 N–H and O–H groups in total. The van der Waals surface area contributed by atoms with E-state index in [9.17, 15) is 19.2 Å². The number of aryl methyl sites for hydroxylation is 2. The van der Waals surface area contributed by atoms with E-state index in [1.54, 1.807) is 28.0 Å². The third-order valence-electron chi connectivity index (χ3n) is 9.89. The summed E-state index contributed by atoms with van der Waals surface area (Å²) in [5, 5.41) is 11.4. The third-order valence-corrected chi connectivity index (χ3v) is 10.3. The number of carbonyl (C=O) groups is 4. The first-order valence-electron chi connectivity index (χ1n) is 16.5. The number of piperidine rings is 1. The van der Waals surface area contributed by atoms with Crippen LogP contribution in [0.1, 0.15) is 66.5 Å². The minimum Gasteiger partial charge on any atom is -0.355 e. The van der Waals surface area contributed by atoms with Crippen molar-refractivity contribution in [3.63, 3.8) is 0 Å². The fourth-order valence-corrected chi connectivity index (χ4v) is 7.53. The number of pyridine rings is 1. The van der Waals surface area contributed by atoms with Crippen LogP contribution in [0.4, 0.5) is 5.82 Å². The molecule has 2 bridgehead atoms. The van der Waals surface area contributed by atoms with Gasteiger partial charge in [-0.15, -0.1) is 0 Å². The van der Waals surface area contributed by atoms with E-state index in [4.69, 9.17) is 5.10 Å². The Labute approximate surface area is 291 Å². The molecule has 0 unspecified atom stereocenters. The van der Waals surface area contributed by atoms with Gasteiger partial charge >= 0.3 is 0 Å². The van der Waals surface area contributed by atoms with Gasteiger partial charge in [-0.05, 0) is 96.8 Å². The molecule has 2 fully saturated rings. The first-order valence-corrected chi connectivity index (χ1v) is 17.3. The Morgan fingerprint density at radius 1 is 1.06 bits per heavy atom. The molecule has 0 spiro atoms. The summed E-state index contributed by atoms with van der Waals surface area (Å²) in [5.74, 6) is 0.198. The van der Waals surface area contributed by atoms with Crippen LogP contribution in [0.15, 0.2) is 53.4 Å². The van der Waals surface area contributed by atoms with Gasteiger partial charge in [-0.2, -0.15) is 5.10 Å². The van der Waals surface area contributed by atoms with Crippen molar-refractivity contribution in [3.05, 3.63) is 76.1 Å². The Morgan fingerprint density at radius 2 is 1.86 bits per heavy atom. The number of carbonyl (C=O) groups excluding carboxylic acids is 4. The standard InChI is InChI=1S/C36H37BrN8O4/c1-20-10-11-29(37)41-34(20)42-35(49)27-14-36-15-28(36)45(27)31(48)18-44-33-23(8-6-4-5-7-9-30(47)40-19-36)12-24(25-16-38-22(3)39-17-25)13-26(33)32(43-44)21(2)46/h4,6,10-13,16-17,27-28H,5,7-9,14-15,18-19H2,1-3H3,(H,40,47)(H,41,42,49)/b6-4+/t27-,28+,36-/m0/s1. The lowest BCUT2D eigenvalue weighted by atomic mass is 9.98. The number of aromatic nitrogens is 5. The highest BCUT2D eigenvalue weighted by molar-refractivity contribution is 9.10. The first kappa shape index (κ1) is 32.8. The van der Waals surface area contributed by atoms with Gasteiger partial charge in [-0.25, -0.2) is 15.0 Å². The van der Waals surface area contributed by atoms with Gasteiger partial charge in [0.05, 0.1) is 5.52 Å². The lowest BCUT2D eigenvalue weighted by molar-refractivity contribution is -0.138. The fraction of sp³-hybridized carbons (Fsp3) is 0.389. The van der Waals surface area contributed by atoms with E-state index in [-0.39, 0.29) is 41.8 Å². The fourth-order valence-electron chi connectivity index (χ4n) is 7.22. The van der Waals surface area contributed by atoms with E-state index < -0.39 is 11.5 Å². The largest absolute Gasteiger partial charge is 0.355 e. The molecule has 12 nitrogen and oxygen atoms in total. The van der Waals surface area contributed by atoms with Crippen LogP contribution in [-0.2, 0) is 27.3 Å². The number of allylic oxidation sites excluding steroid dienone is 2. The molecule has 1 aromatic carbocycles. The number of anilines is 1. The summed E-state index contributed by atoms with van der Waals surface area (Å²) in [6.45, 7) is 5.38. The number of rotatable bonds is 4. The van der Waals surface area contributed by atoms with E-state index in [1.165, 1.54) is 6.92 Å². The molecule has 3 atom stereocenters. The highest BCUT2D eigenvalue weighted by atomic mass is 79.9. The summed E-state index contributed by atoms with van der Waals surface area (Å²) < 4.78 is 2.20. The van der Waals surface area contributed by atoms with Crippen LogP contribution in [0, 0.1) is 19.3 Å². The Hall–Kier alpha value is -4.78. The van der Waals surface area contributed by atoms with Gasteiger partial charge in [0.25, 0.3) is 0 Å². The maximum atomic E-state index is 14.4. The number of hydrogen-bond acceptors (Lipinski definition) is 8. The number of Topliss-reactive ketones (excluding diaryl/α,β-unsaturated/α-hetero) is 1. The van der Waals surface area contributed by atoms with Gasteiger partial charge in [0, 0.05) is 54.7 Å². The van der Waals surface area contributed by atoms with Gasteiger partial charge in [0.2, 0.25) is 17.7 Å². The molecule has 1 saturated carbocycles. The Kier molecular flexibility index (Phi) is 8.64. The zero-order valence-electron chi connectivity index (χ0n) is 27.6. The van der Waals surface area contributed by atoms with Crippen LogP contribution in [0.2, 0.25) is 0 Å². The number of halogens is 1. The van der Waals surface area contributed by atoms with E-state index in [1.807, 2.05) is 38.1 Å². The predicted molar refractivity (Wildman–Crippen MR) is 187 cm³/mol. The van der Waals surface area contributed by atoms with Crippen molar-refractivity contribution < 1.29 is 19.2 Å². The quantitative estimate of drug-likeness (QED) is 0.172. The van der Waals surface area contributed by atoms with Gasteiger partial charge in [-0.3, -0.25) is 23.9 Å². The number of amides is 3. The maximum Gasteiger partial charge on any atom is 0.248 e. The maximum absolute atomic E-state index is 14.4. The zero-order valence-corrected chi connectivity index (χ0v) is 29.2. The van der Waals surface area contributed by atoms with Gasteiger partial charge in [0.1, 0.15) is 34.5 Å². The second-order valence-corrected chi connectivity index (χ2v) is 14.2. The number of ketones is 1. The van der Waals surface area contributed by atoms with Crippen molar-refractivity contribution in [1.29, 1.82) is 0 Å². The third kappa shape index (κ3) is 6.39. The molecule has 49 heavy (non-hydrogen) atoms. The second kappa shape index (κ2) is 12.9. The van der Waals surface area contributed by atoms with Crippen LogP contribution in [0.25, 0.3) is 22.0 Å². The average Bonchev–Trinajstić information content (AvgIpc) is 3.48. The summed E-state index contributed by atoms with van der Waals surface area (Å²) >= 11 is 3.38. The Balaban J connectivity index is 1.30. The monoisotopic (exact) mass is 724 g/mol. The topological polar surface area (TPSA) is 152 Å². The minimum atomic E-state index is -0.771. The summed E-state index contributed by atoms with van der Waals surface area (Å²) in [5.41, 5.74) is 3.87. The molecule has 4 aromatic rings. The summed E-state index contributed by atoms with van der Waals surface area (Å²) in [7, 11) is 0. The van der Waals surface area contributed by atoms with Crippen LogP contribution in [0.5, 0.6) is 0 Å². The molecule has 3 aliphatic rings. The number of nitrogens with one attached hydrogen (secondary N) is 2. The highest BCUT2D eigenvalue weighted by Crippen LogP contribution is 2.59. The van der Waals surface area contributed by atoms with E-state index >= 15 is 0 Å². The average molecular weight is 726 g/mol. The zero-order chi connectivity index (χ0) is 34.4. The van der Waals surface area contributed by atoms with E-state index in [2.05, 4.69) is 47.6 Å². The molecule has 0 radical (unpaired) electrons. The normalized spacial score (nSPS) is 23.1. The van der Waals surface area contributed by atoms with Crippen LogP contribution < -0.4 is 10.6 Å². The van der Waals surface area contributed by atoms with Crippen LogP contribution in [0.3, 0.4) is 0 Å². The molecule has 252 valence electrons. The summed E-state index contributed by atoms with van der Waals surface area (Å²) in [6.07, 6.45) is 11.0. The summed E-state index contributed by atoms with van der Waals surface area (Å²) in [6, 6.07) is 6.60. The Morgan fingerprint density at radius 3 is 2.63 bits per heavy atom. The number of benzene rings is 1. The van der Waals surface area contributed by atoms with Crippen molar-refractivity contribution >= 4 is 56.2 Å². The second-order valence-electron chi connectivity index (χ2n) is 13.3. The molecule has 13 heteroatoms. The van der Waals surface area contributed by atoms with Gasteiger partial charge < -0.3 is 15.5 Å². The smallest absolute Gasteiger partial charge is 0.248 e. The van der Waals surface area contributed by atoms with Crippen molar-refractivity contribution in [2.24, 2.45) is 5.41 Å². The molecule has 7 rings (SSSR count). The molecule has 1 aliphatic carbocycles.